The molecule has 0 radical (unpaired) electrons. The lowest BCUT2D eigenvalue weighted by Gasteiger charge is -2.10. The summed E-state index contributed by atoms with van der Waals surface area (Å²) in [4.78, 5) is 0. The number of aryl methyl sites for hydroxylation is 1. The highest BCUT2D eigenvalue weighted by molar-refractivity contribution is 8.01. The third-order valence-electron chi connectivity index (χ3n) is 5.02. The fourth-order valence-corrected chi connectivity index (χ4v) is 5.76. The van der Waals surface area contributed by atoms with Gasteiger partial charge in [-0.1, -0.05) is 90.7 Å². The van der Waals surface area contributed by atoms with Crippen LogP contribution in [0.4, 0.5) is 10.8 Å². The van der Waals surface area contributed by atoms with Crippen LogP contribution in [0.5, 0.6) is 0 Å². The molecule has 138 valence electrons. The predicted octanol–water partition coefficient (Wildman–Crippen LogP) is 6.71. The lowest BCUT2D eigenvalue weighted by Crippen LogP contribution is -1.90. The van der Waals surface area contributed by atoms with Gasteiger partial charge in [0.05, 0.1) is 5.25 Å². The largest absolute Gasteiger partial charge is 0.330 e. The molecular weight excluding hydrogens is 382 g/mol. The van der Waals surface area contributed by atoms with Crippen molar-refractivity contribution >= 4 is 33.9 Å². The van der Waals surface area contributed by atoms with Crippen molar-refractivity contribution in [1.29, 1.82) is 0 Å². The Morgan fingerprint density at radius 1 is 0.857 bits per heavy atom. The molecule has 0 saturated heterocycles. The molecule has 0 saturated carbocycles. The summed E-state index contributed by atoms with van der Waals surface area (Å²) in [5.74, 6) is 0. The molecule has 1 heterocycles. The van der Waals surface area contributed by atoms with Gasteiger partial charge in [-0.05, 0) is 46.4 Å². The Bertz CT molecular complexity index is 1070. The number of fused-ring (bicyclic) bond motifs is 3. The maximum absolute atomic E-state index is 4.42. The second-order valence-corrected chi connectivity index (χ2v) is 9.05. The van der Waals surface area contributed by atoms with Crippen LogP contribution in [0.3, 0.4) is 0 Å². The lowest BCUT2D eigenvalue weighted by atomic mass is 10.1. The summed E-state index contributed by atoms with van der Waals surface area (Å²) >= 11 is 3.38. The smallest absolute Gasteiger partial charge is 0.210 e. The molecule has 5 rings (SSSR count). The van der Waals surface area contributed by atoms with Gasteiger partial charge < -0.3 is 5.32 Å². The Morgan fingerprint density at radius 2 is 1.50 bits per heavy atom. The van der Waals surface area contributed by atoms with Crippen LogP contribution in [0.15, 0.2) is 77.1 Å². The average Bonchev–Trinajstić information content (AvgIpc) is 3.32. The SMILES string of the molecule is CCc1ccc(Nc2nnc(SC3c4ccccc4-c4ccccc43)s2)cc1. The molecule has 1 N–H and O–H groups in total. The summed E-state index contributed by atoms with van der Waals surface area (Å²) < 4.78 is 0.976. The molecule has 28 heavy (non-hydrogen) atoms. The van der Waals surface area contributed by atoms with E-state index in [4.69, 9.17) is 0 Å². The van der Waals surface area contributed by atoms with E-state index in [-0.39, 0.29) is 5.25 Å². The van der Waals surface area contributed by atoms with Gasteiger partial charge in [0.2, 0.25) is 5.13 Å². The van der Waals surface area contributed by atoms with E-state index in [1.165, 1.54) is 27.8 Å². The van der Waals surface area contributed by atoms with Crippen molar-refractivity contribution in [2.75, 3.05) is 5.32 Å². The Hall–Kier alpha value is -2.63. The summed E-state index contributed by atoms with van der Waals surface area (Å²) in [5, 5.41) is 13.2. The number of thioether (sulfide) groups is 1. The van der Waals surface area contributed by atoms with Gasteiger partial charge in [-0.25, -0.2) is 0 Å². The standard InChI is InChI=1S/C23H19N3S2/c1-2-15-11-13-16(14-12-15)24-22-25-26-23(28-22)27-21-19-9-5-3-7-17(19)18-8-4-6-10-20(18)21/h3-14,21H,2H2,1H3,(H,24,25). The second-order valence-electron chi connectivity index (χ2n) is 6.72. The van der Waals surface area contributed by atoms with E-state index in [2.05, 4.69) is 95.2 Å². The van der Waals surface area contributed by atoms with Gasteiger partial charge in [-0.15, -0.1) is 10.2 Å². The number of hydrogen-bond acceptors (Lipinski definition) is 5. The van der Waals surface area contributed by atoms with Gasteiger partial charge in [0.25, 0.3) is 0 Å². The number of benzene rings is 3. The minimum absolute atomic E-state index is 0.261. The number of hydrogen-bond donors (Lipinski definition) is 1. The maximum atomic E-state index is 4.42. The molecule has 0 fully saturated rings. The number of nitrogens with zero attached hydrogens (tertiary/aromatic N) is 2. The summed E-state index contributed by atoms with van der Waals surface area (Å²) in [6.45, 7) is 2.16. The molecule has 1 aliphatic rings. The topological polar surface area (TPSA) is 37.8 Å². The number of anilines is 2. The van der Waals surface area contributed by atoms with Crippen LogP contribution in [0, 0.1) is 0 Å². The molecule has 0 bridgehead atoms. The first-order valence-corrected chi connectivity index (χ1v) is 11.1. The van der Waals surface area contributed by atoms with Crippen molar-refractivity contribution in [2.45, 2.75) is 22.9 Å². The molecular formula is C23H19N3S2. The highest BCUT2D eigenvalue weighted by Gasteiger charge is 2.29. The number of aromatic nitrogens is 2. The van der Waals surface area contributed by atoms with E-state index in [1.54, 1.807) is 23.1 Å². The Labute approximate surface area is 172 Å². The highest BCUT2D eigenvalue weighted by Crippen LogP contribution is 2.52. The van der Waals surface area contributed by atoms with Gasteiger partial charge in [-0.2, -0.15) is 0 Å². The Morgan fingerprint density at radius 3 is 2.14 bits per heavy atom. The van der Waals surface area contributed by atoms with Crippen molar-refractivity contribution in [3.8, 4) is 11.1 Å². The van der Waals surface area contributed by atoms with Crippen LogP contribution < -0.4 is 5.32 Å². The van der Waals surface area contributed by atoms with Gasteiger partial charge >= 0.3 is 0 Å². The summed E-state index contributed by atoms with van der Waals surface area (Å²) in [7, 11) is 0. The molecule has 5 heteroatoms. The first-order valence-electron chi connectivity index (χ1n) is 9.36. The van der Waals surface area contributed by atoms with E-state index < -0.39 is 0 Å². The minimum Gasteiger partial charge on any atom is -0.330 e. The molecule has 1 aromatic heterocycles. The van der Waals surface area contributed by atoms with Crippen LogP contribution in [-0.2, 0) is 6.42 Å². The van der Waals surface area contributed by atoms with E-state index in [0.717, 1.165) is 21.6 Å². The van der Waals surface area contributed by atoms with Crippen molar-refractivity contribution in [2.24, 2.45) is 0 Å². The first kappa shape index (κ1) is 17.5. The van der Waals surface area contributed by atoms with E-state index in [1.807, 2.05) is 0 Å². The van der Waals surface area contributed by atoms with Crippen LogP contribution in [-0.4, -0.2) is 10.2 Å². The van der Waals surface area contributed by atoms with Gasteiger partial charge in [0.1, 0.15) is 0 Å². The maximum Gasteiger partial charge on any atom is 0.210 e. The molecule has 0 spiro atoms. The van der Waals surface area contributed by atoms with Crippen LogP contribution in [0.25, 0.3) is 11.1 Å². The zero-order valence-corrected chi connectivity index (χ0v) is 17.1. The average molecular weight is 402 g/mol. The Kier molecular flexibility index (Phi) is 4.63. The van der Waals surface area contributed by atoms with E-state index in [9.17, 15) is 0 Å². The van der Waals surface area contributed by atoms with Crippen molar-refractivity contribution < 1.29 is 0 Å². The zero-order chi connectivity index (χ0) is 18.9. The number of rotatable bonds is 5. The molecule has 1 aliphatic carbocycles. The van der Waals surface area contributed by atoms with E-state index in [0.29, 0.717) is 0 Å². The fraction of sp³-hybridized carbons (Fsp3) is 0.130. The molecule has 0 aliphatic heterocycles. The highest BCUT2D eigenvalue weighted by atomic mass is 32.2. The van der Waals surface area contributed by atoms with Crippen molar-refractivity contribution in [3.63, 3.8) is 0 Å². The van der Waals surface area contributed by atoms with Crippen LogP contribution in [0.1, 0.15) is 28.9 Å². The quantitative estimate of drug-likeness (QED) is 0.403. The van der Waals surface area contributed by atoms with Crippen molar-refractivity contribution in [3.05, 3.63) is 89.5 Å². The third-order valence-corrected chi connectivity index (χ3v) is 7.21. The van der Waals surface area contributed by atoms with E-state index >= 15 is 0 Å². The van der Waals surface area contributed by atoms with Crippen molar-refractivity contribution in [1.82, 2.24) is 10.2 Å². The predicted molar refractivity (Wildman–Crippen MR) is 119 cm³/mol. The van der Waals surface area contributed by atoms with Crippen LogP contribution >= 0.6 is 23.1 Å². The molecule has 3 aromatic carbocycles. The van der Waals surface area contributed by atoms with Gasteiger partial charge in [-0.3, -0.25) is 0 Å². The normalized spacial score (nSPS) is 12.6. The summed E-state index contributed by atoms with van der Waals surface area (Å²) in [6.07, 6.45) is 1.05. The first-order chi connectivity index (χ1) is 13.8. The molecule has 4 aromatic rings. The number of nitrogens with one attached hydrogen (secondary N) is 1. The molecule has 0 atom stereocenters. The van der Waals surface area contributed by atoms with Gasteiger partial charge in [0.15, 0.2) is 4.34 Å². The zero-order valence-electron chi connectivity index (χ0n) is 15.4. The van der Waals surface area contributed by atoms with Gasteiger partial charge in [0, 0.05) is 5.69 Å². The summed E-state index contributed by atoms with van der Waals surface area (Å²) in [6, 6.07) is 25.8. The molecule has 0 unspecified atom stereocenters. The molecule has 3 nitrogen and oxygen atoms in total. The second kappa shape index (κ2) is 7.41. The molecule has 0 amide bonds. The fourth-order valence-electron chi connectivity index (χ4n) is 3.59. The lowest BCUT2D eigenvalue weighted by molar-refractivity contribution is 1.01. The van der Waals surface area contributed by atoms with Crippen LogP contribution in [0.2, 0.25) is 0 Å². The third kappa shape index (κ3) is 3.21. The monoisotopic (exact) mass is 401 g/mol. The minimum atomic E-state index is 0.261. The summed E-state index contributed by atoms with van der Waals surface area (Å²) in [5.41, 5.74) is 7.74. The Balaban J connectivity index is 1.38.